The predicted molar refractivity (Wildman–Crippen MR) is 204 cm³/mol. The molecule has 0 aromatic heterocycles. The van der Waals surface area contributed by atoms with Gasteiger partial charge in [-0.3, -0.25) is 9.80 Å². The van der Waals surface area contributed by atoms with Crippen LogP contribution in [-0.2, 0) is 35.7 Å². The van der Waals surface area contributed by atoms with Gasteiger partial charge in [-0.2, -0.15) is 0 Å². The highest BCUT2D eigenvalue weighted by Gasteiger charge is 2.34. The maximum Gasteiger partial charge on any atom is 0.315 e. The zero-order chi connectivity index (χ0) is 35.5. The van der Waals surface area contributed by atoms with Gasteiger partial charge in [0, 0.05) is 64.3 Å². The monoisotopic (exact) mass is 696 g/mol. The molecule has 3 atom stereocenters. The molecule has 2 aliphatic rings. The molecule has 3 N–H and O–H groups in total. The van der Waals surface area contributed by atoms with E-state index in [2.05, 4.69) is 99.3 Å². The van der Waals surface area contributed by atoms with Crippen LogP contribution < -0.4 is 10.6 Å². The van der Waals surface area contributed by atoms with Crippen LogP contribution in [0.3, 0.4) is 0 Å². The lowest BCUT2D eigenvalue weighted by atomic mass is 9.98. The molecular weight excluding hydrogens is 649 g/mol. The van der Waals surface area contributed by atoms with E-state index in [4.69, 9.17) is 9.47 Å². The number of urea groups is 1. The molecule has 2 heterocycles. The van der Waals surface area contributed by atoms with Crippen molar-refractivity contribution in [1.29, 1.82) is 0 Å². The van der Waals surface area contributed by atoms with Crippen LogP contribution in [0, 0.1) is 0 Å². The quantitative estimate of drug-likeness (QED) is 0.128. The molecule has 0 spiro atoms. The van der Waals surface area contributed by atoms with Crippen LogP contribution in [0.15, 0.2) is 133 Å². The number of rotatable bonds is 12. The van der Waals surface area contributed by atoms with E-state index in [0.29, 0.717) is 13.1 Å². The minimum atomic E-state index is -0.500. The van der Waals surface area contributed by atoms with Gasteiger partial charge in [-0.15, -0.1) is 0 Å². The molecule has 268 valence electrons. The molecule has 52 heavy (non-hydrogen) atoms. The Balaban J connectivity index is 0.982. The van der Waals surface area contributed by atoms with Gasteiger partial charge in [0.1, 0.15) is 0 Å². The average Bonchev–Trinajstić information content (AvgIpc) is 3.21. The molecule has 8 heteroatoms. The summed E-state index contributed by atoms with van der Waals surface area (Å²) in [6.45, 7) is 6.87. The standard InChI is InChI=1S/C44H48N4O4/c49-32-35-14-16-38(17-15-35)42-27-41(31-48-24-22-47(23-25-48)30-34-10-5-2-6-11-34)51-43(52-42)39-20-18-37(19-21-39)40-13-7-12-36(26-40)29-46-44(50)45-28-33-8-3-1-4-9-33/h1-21,26,41-43,49H,22-25,27-32H2,(H2,45,46,50)/t41-,42+,43+/m0/s1. The van der Waals surface area contributed by atoms with E-state index < -0.39 is 6.29 Å². The second-order valence-electron chi connectivity index (χ2n) is 13.8. The van der Waals surface area contributed by atoms with E-state index in [9.17, 15) is 9.90 Å². The minimum Gasteiger partial charge on any atom is -0.392 e. The van der Waals surface area contributed by atoms with Gasteiger partial charge in [0.05, 0.1) is 18.8 Å². The van der Waals surface area contributed by atoms with E-state index in [1.807, 2.05) is 54.6 Å². The number of hydrogen-bond acceptors (Lipinski definition) is 6. The lowest BCUT2D eigenvalue weighted by molar-refractivity contribution is -0.253. The van der Waals surface area contributed by atoms with E-state index in [-0.39, 0.29) is 24.8 Å². The normalized spacial score (nSPS) is 19.6. The molecule has 2 fully saturated rings. The maximum atomic E-state index is 12.4. The van der Waals surface area contributed by atoms with Crippen molar-refractivity contribution < 1.29 is 19.4 Å². The van der Waals surface area contributed by atoms with Crippen molar-refractivity contribution in [3.63, 3.8) is 0 Å². The highest BCUT2D eigenvalue weighted by atomic mass is 16.7. The van der Waals surface area contributed by atoms with E-state index in [1.54, 1.807) is 0 Å². The number of aliphatic hydroxyl groups excluding tert-OH is 1. The molecular formula is C44H48N4O4. The summed E-state index contributed by atoms with van der Waals surface area (Å²) in [5, 5.41) is 15.5. The first kappa shape index (κ1) is 35.6. The Morgan fingerprint density at radius 1 is 0.615 bits per heavy atom. The summed E-state index contributed by atoms with van der Waals surface area (Å²) >= 11 is 0. The van der Waals surface area contributed by atoms with Crippen molar-refractivity contribution in [3.05, 3.63) is 167 Å². The smallest absolute Gasteiger partial charge is 0.315 e. The van der Waals surface area contributed by atoms with Gasteiger partial charge in [-0.25, -0.2) is 4.79 Å². The van der Waals surface area contributed by atoms with Crippen LogP contribution in [0.1, 0.15) is 52.2 Å². The summed E-state index contributed by atoms with van der Waals surface area (Å²) < 4.78 is 13.3. The Bertz CT molecular complexity index is 1850. The summed E-state index contributed by atoms with van der Waals surface area (Å²) in [4.78, 5) is 17.5. The van der Waals surface area contributed by atoms with Gasteiger partial charge in [0.15, 0.2) is 6.29 Å². The van der Waals surface area contributed by atoms with Crippen molar-refractivity contribution in [2.75, 3.05) is 32.7 Å². The second-order valence-corrected chi connectivity index (χ2v) is 13.8. The molecule has 0 radical (unpaired) electrons. The van der Waals surface area contributed by atoms with Crippen LogP contribution in [0.4, 0.5) is 4.79 Å². The third-order valence-corrected chi connectivity index (χ3v) is 9.98. The Hall–Kier alpha value is -4.83. The molecule has 0 bridgehead atoms. The van der Waals surface area contributed by atoms with Gasteiger partial charge >= 0.3 is 6.03 Å². The van der Waals surface area contributed by atoms with Crippen molar-refractivity contribution in [2.24, 2.45) is 0 Å². The number of carbonyl (C=O) groups is 1. The fourth-order valence-electron chi connectivity index (χ4n) is 7.01. The third-order valence-electron chi connectivity index (χ3n) is 9.98. The second kappa shape index (κ2) is 17.6. The van der Waals surface area contributed by atoms with Gasteiger partial charge in [-0.1, -0.05) is 127 Å². The Labute approximate surface area is 307 Å². The van der Waals surface area contributed by atoms with E-state index in [1.165, 1.54) is 5.56 Å². The molecule has 0 saturated carbocycles. The molecule has 2 saturated heterocycles. The van der Waals surface area contributed by atoms with Crippen LogP contribution in [-0.4, -0.2) is 59.8 Å². The Kier molecular flexibility index (Phi) is 12.0. The fourth-order valence-corrected chi connectivity index (χ4v) is 7.01. The molecule has 5 aromatic rings. The third kappa shape index (κ3) is 9.73. The number of aliphatic hydroxyl groups is 1. The number of hydrogen-bond donors (Lipinski definition) is 3. The summed E-state index contributed by atoms with van der Waals surface area (Å²) in [5.41, 5.74) is 8.56. The first-order valence-corrected chi connectivity index (χ1v) is 18.3. The van der Waals surface area contributed by atoms with Gasteiger partial charge in [0.2, 0.25) is 0 Å². The summed E-state index contributed by atoms with van der Waals surface area (Å²) in [6, 6.07) is 45.1. The number of benzene rings is 5. The van der Waals surface area contributed by atoms with Crippen molar-refractivity contribution in [2.45, 2.75) is 51.2 Å². The molecule has 0 aliphatic carbocycles. The van der Waals surface area contributed by atoms with Crippen LogP contribution in [0.25, 0.3) is 11.1 Å². The van der Waals surface area contributed by atoms with Gasteiger partial charge in [-0.05, 0) is 45.0 Å². The average molecular weight is 697 g/mol. The first-order valence-electron chi connectivity index (χ1n) is 18.3. The largest absolute Gasteiger partial charge is 0.392 e. The topological polar surface area (TPSA) is 86.3 Å². The molecule has 8 nitrogen and oxygen atoms in total. The van der Waals surface area contributed by atoms with Crippen molar-refractivity contribution in [1.82, 2.24) is 20.4 Å². The van der Waals surface area contributed by atoms with Crippen LogP contribution >= 0.6 is 0 Å². The molecule has 7 rings (SSSR count). The van der Waals surface area contributed by atoms with Crippen LogP contribution in [0.5, 0.6) is 0 Å². The fraction of sp³-hybridized carbons (Fsp3) is 0.295. The number of carbonyl (C=O) groups excluding carboxylic acids is 1. The highest BCUT2D eigenvalue weighted by molar-refractivity contribution is 5.74. The van der Waals surface area contributed by atoms with Crippen LogP contribution in [0.2, 0.25) is 0 Å². The molecule has 2 aliphatic heterocycles. The number of piperazine rings is 1. The molecule has 0 unspecified atom stereocenters. The molecule has 2 amide bonds. The van der Waals surface area contributed by atoms with E-state index >= 15 is 0 Å². The highest BCUT2D eigenvalue weighted by Crippen LogP contribution is 2.39. The lowest BCUT2D eigenvalue weighted by Gasteiger charge is -2.40. The molecule has 5 aromatic carbocycles. The predicted octanol–water partition coefficient (Wildman–Crippen LogP) is 7.21. The van der Waals surface area contributed by atoms with Crippen molar-refractivity contribution in [3.8, 4) is 11.1 Å². The zero-order valence-electron chi connectivity index (χ0n) is 29.6. The number of amides is 2. The number of nitrogens with zero attached hydrogens (tertiary/aromatic N) is 2. The summed E-state index contributed by atoms with van der Waals surface area (Å²) in [5.74, 6) is 0. The summed E-state index contributed by atoms with van der Waals surface area (Å²) in [7, 11) is 0. The zero-order valence-corrected chi connectivity index (χ0v) is 29.6. The van der Waals surface area contributed by atoms with Gasteiger partial charge < -0.3 is 25.2 Å². The lowest BCUT2D eigenvalue weighted by Crippen LogP contribution is -2.49. The Morgan fingerprint density at radius 3 is 1.92 bits per heavy atom. The summed E-state index contributed by atoms with van der Waals surface area (Å²) in [6.07, 6.45) is 0.155. The number of ether oxygens (including phenoxy) is 2. The SMILES string of the molecule is O=C(NCc1ccccc1)NCc1cccc(-c2ccc([C@@H]3O[C@H](CN4CCN(Cc5ccccc5)CC4)C[C@H](c4ccc(CO)cc4)O3)cc2)c1. The minimum absolute atomic E-state index is 0.00990. The van der Waals surface area contributed by atoms with Gasteiger partial charge in [0.25, 0.3) is 0 Å². The van der Waals surface area contributed by atoms with Crippen molar-refractivity contribution >= 4 is 6.03 Å². The Morgan fingerprint density at radius 2 is 1.23 bits per heavy atom. The maximum absolute atomic E-state index is 12.4. The first-order chi connectivity index (χ1) is 25.6. The number of nitrogens with one attached hydrogen (secondary N) is 2. The van der Waals surface area contributed by atoms with E-state index in [0.717, 1.165) is 84.6 Å².